The fourth-order valence-electron chi connectivity index (χ4n) is 0.0417. The molecule has 0 aliphatic carbocycles. The first-order valence-corrected chi connectivity index (χ1v) is 1.12. The van der Waals surface area contributed by atoms with Crippen molar-refractivity contribution in [1.29, 1.82) is 0 Å². The quantitative estimate of drug-likeness (QED) is 0.479. The Morgan fingerprint density at radius 2 is 3.00 bits per heavy atom. The molecule has 0 spiro atoms. The molecule has 0 fully saturated rings. The van der Waals surface area contributed by atoms with Crippen molar-refractivity contribution in [2.75, 3.05) is 0 Å². The zero-order chi connectivity index (χ0) is 12.7. The highest BCUT2D eigenvalue weighted by Crippen LogP contribution is 1.88. The average Bonchev–Trinajstić information content (AvgIpc) is 2.00. The van der Waals surface area contributed by atoms with Gasteiger partial charge in [-0.05, 0) is 0 Å². The lowest BCUT2D eigenvalue weighted by Crippen LogP contribution is -1.59. The molecule has 1 atom stereocenters. The van der Waals surface area contributed by atoms with Crippen LogP contribution in [0.25, 0.3) is 0 Å². The number of hydrogen-bond acceptors (Lipinski definition) is 0. The second-order valence-electron chi connectivity index (χ2n) is 0.433. The van der Waals surface area contributed by atoms with Gasteiger partial charge in [-0.15, -0.1) is 0 Å². The van der Waals surface area contributed by atoms with Crippen LogP contribution in [0.3, 0.4) is 0 Å². The SMILES string of the molecule is [2H]C([2H])C([2H])([2H])C([2H])([2H])C([2H])C([2H])([2H])[2H]. The van der Waals surface area contributed by atoms with E-state index in [2.05, 4.69) is 0 Å². The molecule has 0 aromatic carbocycles. The standard InChI is InChI=1S/C5H12/c1-3-5-4-2/h3-5H2,1-2H3/i1D2,2D3,3D2,4D,5D2. The van der Waals surface area contributed by atoms with Gasteiger partial charge >= 0.3 is 0 Å². The van der Waals surface area contributed by atoms with Gasteiger partial charge in [0.15, 0.2) is 0 Å². The van der Waals surface area contributed by atoms with Crippen molar-refractivity contribution < 1.29 is 13.7 Å². The van der Waals surface area contributed by atoms with E-state index < -0.39 is 32.9 Å². The van der Waals surface area contributed by atoms with Crippen LogP contribution in [-0.4, -0.2) is 0 Å². The molecule has 0 saturated heterocycles. The molecule has 0 aliphatic heterocycles. The summed E-state index contributed by atoms with van der Waals surface area (Å²) in [7, 11) is 0. The van der Waals surface area contributed by atoms with Gasteiger partial charge in [0, 0.05) is 13.7 Å². The minimum atomic E-state index is -3.08. The van der Waals surface area contributed by atoms with Crippen molar-refractivity contribution in [3.05, 3.63) is 0 Å². The van der Waals surface area contributed by atoms with Crippen LogP contribution < -0.4 is 0 Å². The Morgan fingerprint density at radius 1 is 2.00 bits per heavy atom. The van der Waals surface area contributed by atoms with Crippen molar-refractivity contribution in [2.45, 2.75) is 32.9 Å². The normalized spacial score (nSPS) is 53.0. The first kappa shape index (κ1) is 0.408. The molecule has 0 rings (SSSR count). The van der Waals surface area contributed by atoms with E-state index in [-0.39, 0.29) is 0 Å². The summed E-state index contributed by atoms with van der Waals surface area (Å²) in [5.41, 5.74) is 0. The zero-order valence-corrected chi connectivity index (χ0v) is 2.65. The molecule has 0 heterocycles. The Hall–Kier alpha value is 0. The van der Waals surface area contributed by atoms with Crippen LogP contribution in [-0.2, 0) is 0 Å². The molecule has 0 nitrogen and oxygen atoms in total. The van der Waals surface area contributed by atoms with E-state index in [1.54, 1.807) is 0 Å². The first-order valence-electron chi connectivity index (χ1n) is 6.35. The van der Waals surface area contributed by atoms with E-state index in [1.165, 1.54) is 0 Å². The maximum atomic E-state index is 7.23. The molecular weight excluding hydrogens is 60.1 g/mol. The Balaban J connectivity index is 5.14. The van der Waals surface area contributed by atoms with Crippen molar-refractivity contribution in [2.24, 2.45) is 0 Å². The first-order chi connectivity index (χ1) is 6.35. The van der Waals surface area contributed by atoms with Crippen molar-refractivity contribution in [1.82, 2.24) is 0 Å². The lowest BCUT2D eigenvalue weighted by atomic mass is 10.3. The van der Waals surface area contributed by atoms with E-state index in [0.29, 0.717) is 0 Å². The molecule has 1 unspecified atom stereocenters. The van der Waals surface area contributed by atoms with Gasteiger partial charge in [0.05, 0.1) is 0 Å². The molecule has 0 heteroatoms. The van der Waals surface area contributed by atoms with Crippen molar-refractivity contribution in [3.8, 4) is 0 Å². The van der Waals surface area contributed by atoms with Crippen molar-refractivity contribution in [3.63, 3.8) is 0 Å². The van der Waals surface area contributed by atoms with Gasteiger partial charge in [-0.1, -0.05) is 32.9 Å². The molecule has 5 heavy (non-hydrogen) atoms. The van der Waals surface area contributed by atoms with Crippen LogP contribution in [0.4, 0.5) is 0 Å². The van der Waals surface area contributed by atoms with Gasteiger partial charge < -0.3 is 0 Å². The maximum Gasteiger partial charge on any atom is 0.0266 e. The topological polar surface area (TPSA) is 0 Å². The van der Waals surface area contributed by atoms with E-state index in [4.69, 9.17) is 13.7 Å². The summed E-state index contributed by atoms with van der Waals surface area (Å²) in [5.74, 6) is 0. The Labute approximate surface area is 48.2 Å². The number of rotatable bonds is 2. The highest BCUT2D eigenvalue weighted by molar-refractivity contribution is 4.24. The summed E-state index contributed by atoms with van der Waals surface area (Å²) in [4.78, 5) is 0. The van der Waals surface area contributed by atoms with Gasteiger partial charge in [-0.25, -0.2) is 0 Å². The van der Waals surface area contributed by atoms with Gasteiger partial charge in [0.2, 0.25) is 0 Å². The molecular formula is C5H12. The lowest BCUT2D eigenvalue weighted by Gasteiger charge is -1.79. The minimum Gasteiger partial charge on any atom is -0.0654 e. The molecule has 0 amide bonds. The molecule has 32 valence electrons. The van der Waals surface area contributed by atoms with E-state index in [9.17, 15) is 0 Å². The summed E-state index contributed by atoms with van der Waals surface area (Å²) in [5, 5.41) is 0. The Bertz CT molecular complexity index is 214. The average molecular weight is 82.2 g/mol. The summed E-state index contributed by atoms with van der Waals surface area (Å²) in [6.45, 7) is -5.17. The van der Waals surface area contributed by atoms with Crippen LogP contribution in [0, 0.1) is 0 Å². The molecule has 0 aliphatic rings. The van der Waals surface area contributed by atoms with Crippen LogP contribution in [0.2, 0.25) is 0 Å². The maximum absolute atomic E-state index is 7.23. The molecule has 0 saturated carbocycles. The van der Waals surface area contributed by atoms with Crippen LogP contribution >= 0.6 is 0 Å². The summed E-state index contributed by atoms with van der Waals surface area (Å²) >= 11 is 0. The predicted molar refractivity (Wildman–Crippen MR) is 25.2 cm³/mol. The van der Waals surface area contributed by atoms with Crippen LogP contribution in [0.15, 0.2) is 0 Å². The Morgan fingerprint density at radius 3 is 3.60 bits per heavy atom. The molecule has 0 aromatic heterocycles. The van der Waals surface area contributed by atoms with Gasteiger partial charge in [-0.2, -0.15) is 0 Å². The van der Waals surface area contributed by atoms with Crippen LogP contribution in [0.5, 0.6) is 0 Å². The smallest absolute Gasteiger partial charge is 0.0266 e. The second kappa shape index (κ2) is 4.00. The van der Waals surface area contributed by atoms with Gasteiger partial charge in [0.25, 0.3) is 0 Å². The second-order valence-corrected chi connectivity index (χ2v) is 0.433. The third-order valence-electron chi connectivity index (χ3n) is 0.156. The third-order valence-corrected chi connectivity index (χ3v) is 0.156. The molecule has 0 aromatic rings. The lowest BCUT2D eigenvalue weighted by molar-refractivity contribution is 0.772. The van der Waals surface area contributed by atoms with E-state index in [1.807, 2.05) is 0 Å². The van der Waals surface area contributed by atoms with E-state index in [0.717, 1.165) is 0 Å². The number of hydrogen-bond donors (Lipinski definition) is 0. The van der Waals surface area contributed by atoms with E-state index >= 15 is 0 Å². The van der Waals surface area contributed by atoms with Crippen LogP contribution in [0.1, 0.15) is 46.6 Å². The highest BCUT2D eigenvalue weighted by Gasteiger charge is 1.68. The zero-order valence-electron chi connectivity index (χ0n) is 12.7. The minimum absolute atomic E-state index is 2.19. The summed E-state index contributed by atoms with van der Waals surface area (Å²) < 4.78 is 70.0. The largest absolute Gasteiger partial charge is 0.0654 e. The highest BCUT2D eigenvalue weighted by atomic mass is 13.7. The third kappa shape index (κ3) is 4.00. The fraction of sp³-hybridized carbons (Fsp3) is 1.00. The Kier molecular flexibility index (Phi) is 0.327. The monoisotopic (exact) mass is 82.2 g/mol. The summed E-state index contributed by atoms with van der Waals surface area (Å²) in [6, 6.07) is 0. The predicted octanol–water partition coefficient (Wildman–Crippen LogP) is 2.20. The summed E-state index contributed by atoms with van der Waals surface area (Å²) in [6.07, 6.45) is -8.40. The molecule has 0 radical (unpaired) electrons. The molecule has 0 bridgehead atoms. The molecule has 0 N–H and O–H groups in total. The van der Waals surface area contributed by atoms with Gasteiger partial charge in [-0.3, -0.25) is 0 Å². The van der Waals surface area contributed by atoms with Gasteiger partial charge in [0.1, 0.15) is 0 Å². The van der Waals surface area contributed by atoms with Crippen molar-refractivity contribution >= 4 is 0 Å². The fourth-order valence-corrected chi connectivity index (χ4v) is 0.0417.